The van der Waals surface area contributed by atoms with E-state index in [4.69, 9.17) is 10.5 Å². The number of anilines is 1. The van der Waals surface area contributed by atoms with Crippen molar-refractivity contribution in [2.75, 3.05) is 37.7 Å². The number of carbonyl (C=O) groups is 2. The van der Waals surface area contributed by atoms with Crippen LogP contribution in [0.3, 0.4) is 0 Å². The molecule has 2 fully saturated rings. The van der Waals surface area contributed by atoms with Gasteiger partial charge in [-0.25, -0.2) is 0 Å². The molecular formula is C19H25N3O3. The fourth-order valence-electron chi connectivity index (χ4n) is 4.15. The zero-order valence-corrected chi connectivity index (χ0v) is 14.4. The zero-order valence-electron chi connectivity index (χ0n) is 14.4. The van der Waals surface area contributed by atoms with Gasteiger partial charge in [-0.1, -0.05) is 6.07 Å². The molecule has 3 aliphatic rings. The van der Waals surface area contributed by atoms with Crippen LogP contribution in [0, 0.1) is 5.92 Å². The summed E-state index contributed by atoms with van der Waals surface area (Å²) in [5.74, 6) is 0.379. The molecule has 1 unspecified atom stereocenters. The van der Waals surface area contributed by atoms with Crippen molar-refractivity contribution in [2.45, 2.75) is 31.7 Å². The lowest BCUT2D eigenvalue weighted by molar-refractivity contribution is -0.139. The van der Waals surface area contributed by atoms with Crippen LogP contribution >= 0.6 is 0 Å². The van der Waals surface area contributed by atoms with E-state index >= 15 is 0 Å². The number of nitrogens with zero attached hydrogens (tertiary/aromatic N) is 2. The molecule has 1 saturated carbocycles. The molecule has 2 heterocycles. The number of hydrogen-bond donors (Lipinski definition) is 1. The molecule has 0 spiro atoms. The molecule has 0 bridgehead atoms. The normalized spacial score (nSPS) is 23.3. The number of primary amides is 1. The fraction of sp³-hybridized carbons (Fsp3) is 0.579. The topological polar surface area (TPSA) is 75.9 Å². The fourth-order valence-corrected chi connectivity index (χ4v) is 4.15. The Hall–Kier alpha value is -2.08. The van der Waals surface area contributed by atoms with E-state index in [-0.39, 0.29) is 11.9 Å². The number of nitrogens with two attached hydrogens (primary N) is 1. The summed E-state index contributed by atoms with van der Waals surface area (Å²) >= 11 is 0. The van der Waals surface area contributed by atoms with Crippen molar-refractivity contribution < 1.29 is 14.3 Å². The second-order valence-corrected chi connectivity index (χ2v) is 7.26. The number of rotatable bonds is 4. The third-order valence-corrected chi connectivity index (χ3v) is 5.59. The Bertz CT molecular complexity index is 686. The van der Waals surface area contributed by atoms with Crippen LogP contribution in [0.5, 0.6) is 0 Å². The molecule has 0 radical (unpaired) electrons. The Balaban J connectivity index is 1.53. The van der Waals surface area contributed by atoms with Crippen molar-refractivity contribution in [2.24, 2.45) is 11.7 Å². The summed E-state index contributed by atoms with van der Waals surface area (Å²) in [4.78, 5) is 28.8. The minimum atomic E-state index is -0.396. The Labute approximate surface area is 147 Å². The number of benzene rings is 1. The van der Waals surface area contributed by atoms with Crippen LogP contribution in [-0.4, -0.2) is 55.6 Å². The monoisotopic (exact) mass is 343 g/mol. The van der Waals surface area contributed by atoms with Crippen molar-refractivity contribution in [3.05, 3.63) is 29.3 Å². The highest BCUT2D eigenvalue weighted by molar-refractivity contribution is 5.96. The van der Waals surface area contributed by atoms with Crippen LogP contribution in [0.4, 0.5) is 5.69 Å². The summed E-state index contributed by atoms with van der Waals surface area (Å²) in [6.45, 7) is 3.16. The lowest BCUT2D eigenvalue weighted by Gasteiger charge is -2.38. The van der Waals surface area contributed by atoms with Crippen molar-refractivity contribution in [1.82, 2.24) is 4.90 Å². The minimum absolute atomic E-state index is 0.164. The van der Waals surface area contributed by atoms with Gasteiger partial charge in [-0.15, -0.1) is 0 Å². The Morgan fingerprint density at radius 3 is 2.84 bits per heavy atom. The van der Waals surface area contributed by atoms with Crippen LogP contribution < -0.4 is 10.6 Å². The Morgan fingerprint density at radius 1 is 1.24 bits per heavy atom. The van der Waals surface area contributed by atoms with Gasteiger partial charge in [0.05, 0.1) is 25.8 Å². The van der Waals surface area contributed by atoms with Crippen LogP contribution in [0.25, 0.3) is 0 Å². The first-order valence-electron chi connectivity index (χ1n) is 9.19. The maximum atomic E-state index is 13.0. The Kier molecular flexibility index (Phi) is 4.37. The first kappa shape index (κ1) is 16.4. The molecule has 2 amide bonds. The summed E-state index contributed by atoms with van der Waals surface area (Å²) in [5.41, 5.74) is 8.05. The number of morpholine rings is 1. The van der Waals surface area contributed by atoms with E-state index in [0.29, 0.717) is 37.8 Å². The molecule has 2 aliphatic heterocycles. The number of hydrogen-bond acceptors (Lipinski definition) is 4. The van der Waals surface area contributed by atoms with Gasteiger partial charge >= 0.3 is 0 Å². The van der Waals surface area contributed by atoms with E-state index in [1.807, 2.05) is 17.0 Å². The number of amides is 2. The maximum absolute atomic E-state index is 13.0. The second-order valence-electron chi connectivity index (χ2n) is 7.26. The number of fused-ring (bicyclic) bond motifs is 1. The predicted molar refractivity (Wildman–Crippen MR) is 94.5 cm³/mol. The number of ether oxygens (including phenoxy) is 1. The van der Waals surface area contributed by atoms with Crippen LogP contribution in [0.2, 0.25) is 0 Å². The molecule has 1 saturated heterocycles. The lowest BCUT2D eigenvalue weighted by atomic mass is 9.96. The summed E-state index contributed by atoms with van der Waals surface area (Å²) < 4.78 is 5.59. The average Bonchev–Trinajstić information content (AvgIpc) is 3.46. The lowest BCUT2D eigenvalue weighted by Crippen LogP contribution is -2.53. The van der Waals surface area contributed by atoms with E-state index in [1.165, 1.54) is 12.8 Å². The highest BCUT2D eigenvalue weighted by Crippen LogP contribution is 2.37. The average molecular weight is 343 g/mol. The quantitative estimate of drug-likeness (QED) is 0.891. The summed E-state index contributed by atoms with van der Waals surface area (Å²) in [5, 5.41) is 0. The standard InChI is InChI=1S/C19H25N3O3/c20-19(24)15-3-1-5-16-14(15)4-2-8-21(16)11-18(23)22-9-10-25-12-17(22)13-6-7-13/h1,3,5,13,17H,2,4,6-12H2,(H2,20,24). The van der Waals surface area contributed by atoms with Crippen LogP contribution in [-0.2, 0) is 16.0 Å². The van der Waals surface area contributed by atoms with Crippen LogP contribution in [0.15, 0.2) is 18.2 Å². The molecule has 1 atom stereocenters. The van der Waals surface area contributed by atoms with Crippen LogP contribution in [0.1, 0.15) is 35.2 Å². The summed E-state index contributed by atoms with van der Waals surface area (Å²) in [6, 6.07) is 5.86. The SMILES string of the molecule is NC(=O)c1cccc2c1CCCN2CC(=O)N1CCOCC1C1CC1. The van der Waals surface area contributed by atoms with Gasteiger partial charge in [0.2, 0.25) is 11.8 Å². The minimum Gasteiger partial charge on any atom is -0.377 e. The van der Waals surface area contributed by atoms with Crippen molar-refractivity contribution >= 4 is 17.5 Å². The number of carbonyl (C=O) groups excluding carboxylic acids is 2. The summed E-state index contributed by atoms with van der Waals surface area (Å²) in [6.07, 6.45) is 4.17. The zero-order chi connectivity index (χ0) is 17.4. The smallest absolute Gasteiger partial charge is 0.249 e. The predicted octanol–water partition coefficient (Wildman–Crippen LogP) is 1.18. The van der Waals surface area contributed by atoms with Crippen molar-refractivity contribution in [1.29, 1.82) is 0 Å². The highest BCUT2D eigenvalue weighted by Gasteiger charge is 2.39. The van der Waals surface area contributed by atoms with Gasteiger partial charge in [0.15, 0.2) is 0 Å². The van der Waals surface area contributed by atoms with E-state index in [1.54, 1.807) is 6.07 Å². The molecule has 1 aromatic carbocycles. The molecular weight excluding hydrogens is 318 g/mol. The van der Waals surface area contributed by atoms with Gasteiger partial charge in [0.25, 0.3) is 0 Å². The maximum Gasteiger partial charge on any atom is 0.249 e. The summed E-state index contributed by atoms with van der Waals surface area (Å²) in [7, 11) is 0. The first-order chi connectivity index (χ1) is 12.1. The highest BCUT2D eigenvalue weighted by atomic mass is 16.5. The molecule has 134 valence electrons. The molecule has 0 aromatic heterocycles. The second kappa shape index (κ2) is 6.67. The molecule has 6 nitrogen and oxygen atoms in total. The third kappa shape index (κ3) is 3.23. The van der Waals surface area contributed by atoms with Gasteiger partial charge in [-0.3, -0.25) is 9.59 Å². The molecule has 1 aliphatic carbocycles. The largest absolute Gasteiger partial charge is 0.377 e. The first-order valence-corrected chi connectivity index (χ1v) is 9.19. The molecule has 4 rings (SSSR count). The van der Waals surface area contributed by atoms with Gasteiger partial charge in [0.1, 0.15) is 0 Å². The van der Waals surface area contributed by atoms with Crippen molar-refractivity contribution in [3.8, 4) is 0 Å². The molecule has 25 heavy (non-hydrogen) atoms. The van der Waals surface area contributed by atoms with E-state index < -0.39 is 5.91 Å². The van der Waals surface area contributed by atoms with E-state index in [0.717, 1.165) is 30.6 Å². The molecule has 2 N–H and O–H groups in total. The van der Waals surface area contributed by atoms with Crippen molar-refractivity contribution in [3.63, 3.8) is 0 Å². The third-order valence-electron chi connectivity index (χ3n) is 5.59. The molecule has 1 aromatic rings. The van der Waals surface area contributed by atoms with Gasteiger partial charge < -0.3 is 20.3 Å². The van der Waals surface area contributed by atoms with E-state index in [9.17, 15) is 9.59 Å². The van der Waals surface area contributed by atoms with Gasteiger partial charge in [-0.2, -0.15) is 0 Å². The molecule has 6 heteroatoms. The van der Waals surface area contributed by atoms with Gasteiger partial charge in [0, 0.05) is 24.3 Å². The Morgan fingerprint density at radius 2 is 2.08 bits per heavy atom. The van der Waals surface area contributed by atoms with Gasteiger partial charge in [-0.05, 0) is 49.3 Å². The van der Waals surface area contributed by atoms with E-state index in [2.05, 4.69) is 4.90 Å².